The molecule has 0 aliphatic heterocycles. The van der Waals surface area contributed by atoms with Crippen LogP contribution in [0.4, 0.5) is 0 Å². The van der Waals surface area contributed by atoms with E-state index in [1.54, 1.807) is 0 Å². The summed E-state index contributed by atoms with van der Waals surface area (Å²) in [6.07, 6.45) is 2.10. The molecule has 2 atom stereocenters. The molecule has 1 aromatic heterocycles. The molecular formula is C9H15BrN4O3S. The maximum absolute atomic E-state index is 12.1. The third kappa shape index (κ3) is 2.73. The number of aromatic nitrogens is 3. The fraction of sp³-hybridized carbons (Fsp3) is 0.778. The molecule has 0 radical (unpaired) electrons. The van der Waals surface area contributed by atoms with Gasteiger partial charge in [0.1, 0.15) is 0 Å². The van der Waals surface area contributed by atoms with Crippen LogP contribution >= 0.6 is 15.9 Å². The van der Waals surface area contributed by atoms with Crippen molar-refractivity contribution in [1.82, 2.24) is 19.7 Å². The summed E-state index contributed by atoms with van der Waals surface area (Å²) in [5, 5.41) is 16.9. The van der Waals surface area contributed by atoms with Gasteiger partial charge in [0.2, 0.25) is 5.03 Å². The minimum atomic E-state index is -3.66. The van der Waals surface area contributed by atoms with E-state index in [-0.39, 0.29) is 22.1 Å². The van der Waals surface area contributed by atoms with Gasteiger partial charge in [0.15, 0.2) is 4.60 Å². The van der Waals surface area contributed by atoms with E-state index in [1.165, 1.54) is 11.7 Å². The highest BCUT2D eigenvalue weighted by molar-refractivity contribution is 9.10. The van der Waals surface area contributed by atoms with Gasteiger partial charge in [0.25, 0.3) is 10.0 Å². The average Bonchev–Trinajstić information content (AvgIpc) is 2.83. The molecule has 2 N–H and O–H groups in total. The molecule has 18 heavy (non-hydrogen) atoms. The highest BCUT2D eigenvalue weighted by Gasteiger charge is 2.29. The summed E-state index contributed by atoms with van der Waals surface area (Å²) < 4.78 is 28.0. The second-order valence-corrected chi connectivity index (χ2v) is 6.85. The molecule has 102 valence electrons. The lowest BCUT2D eigenvalue weighted by molar-refractivity contribution is 0.134. The Morgan fingerprint density at radius 3 is 2.78 bits per heavy atom. The molecule has 2 unspecified atom stereocenters. The van der Waals surface area contributed by atoms with Crippen LogP contribution in [0.5, 0.6) is 0 Å². The van der Waals surface area contributed by atoms with Gasteiger partial charge in [-0.3, -0.25) is 0 Å². The normalized spacial score (nSPS) is 24.6. The predicted molar refractivity (Wildman–Crippen MR) is 67.2 cm³/mol. The van der Waals surface area contributed by atoms with Gasteiger partial charge in [-0.05, 0) is 34.7 Å². The molecule has 1 aliphatic rings. The summed E-state index contributed by atoms with van der Waals surface area (Å²) >= 11 is 3.06. The van der Waals surface area contributed by atoms with Gasteiger partial charge in [0.05, 0.1) is 6.10 Å². The van der Waals surface area contributed by atoms with Crippen LogP contribution in [0.2, 0.25) is 0 Å². The van der Waals surface area contributed by atoms with E-state index in [0.29, 0.717) is 0 Å². The number of aliphatic hydroxyl groups excluding tert-OH is 1. The Kier molecular flexibility index (Phi) is 4.05. The van der Waals surface area contributed by atoms with E-state index < -0.39 is 16.1 Å². The van der Waals surface area contributed by atoms with Crippen molar-refractivity contribution in [3.05, 3.63) is 4.60 Å². The minimum Gasteiger partial charge on any atom is -0.393 e. The topological polar surface area (TPSA) is 97.1 Å². The molecule has 1 fully saturated rings. The van der Waals surface area contributed by atoms with Crippen LogP contribution < -0.4 is 4.72 Å². The number of aryl methyl sites for hydroxylation is 1. The first-order valence-electron chi connectivity index (χ1n) is 5.64. The first-order valence-corrected chi connectivity index (χ1v) is 7.92. The molecule has 7 nitrogen and oxygen atoms in total. The van der Waals surface area contributed by atoms with Crippen LogP contribution in [-0.4, -0.2) is 41.2 Å². The summed E-state index contributed by atoms with van der Waals surface area (Å²) in [5.74, 6) is -0.0141. The van der Waals surface area contributed by atoms with Crippen molar-refractivity contribution >= 4 is 26.0 Å². The monoisotopic (exact) mass is 338 g/mol. The van der Waals surface area contributed by atoms with Crippen molar-refractivity contribution in [2.24, 2.45) is 13.0 Å². The predicted octanol–water partition coefficient (Wildman–Crippen LogP) is 0.0169. The zero-order valence-electron chi connectivity index (χ0n) is 9.87. The van der Waals surface area contributed by atoms with E-state index in [1.807, 2.05) is 0 Å². The smallest absolute Gasteiger partial charge is 0.260 e. The molecule has 1 saturated carbocycles. The number of sulfonamides is 1. The van der Waals surface area contributed by atoms with Crippen LogP contribution in [0.3, 0.4) is 0 Å². The number of hydrogen-bond acceptors (Lipinski definition) is 5. The molecule has 0 saturated heterocycles. The fourth-order valence-electron chi connectivity index (χ4n) is 2.15. The molecule has 0 amide bonds. The first-order chi connectivity index (χ1) is 8.42. The van der Waals surface area contributed by atoms with Gasteiger partial charge in [-0.2, -0.15) is 0 Å². The Morgan fingerprint density at radius 2 is 2.28 bits per heavy atom. The van der Waals surface area contributed by atoms with Crippen molar-refractivity contribution < 1.29 is 13.5 Å². The largest absolute Gasteiger partial charge is 0.393 e. The summed E-state index contributed by atoms with van der Waals surface area (Å²) in [6.45, 7) is 0.237. The first kappa shape index (κ1) is 13.9. The summed E-state index contributed by atoms with van der Waals surface area (Å²) in [4.78, 5) is 0. The third-order valence-electron chi connectivity index (χ3n) is 3.15. The SMILES string of the molecule is Cn1nnc(Br)c1S(=O)(=O)NCC1CCCC1O. The zero-order valence-corrected chi connectivity index (χ0v) is 12.3. The standard InChI is InChI=1S/C9H15BrN4O3S/c1-14-9(8(10)12-13-14)18(16,17)11-5-6-3-2-4-7(6)15/h6-7,11,15H,2-5H2,1H3. The van der Waals surface area contributed by atoms with E-state index in [2.05, 4.69) is 31.0 Å². The van der Waals surface area contributed by atoms with Crippen LogP contribution in [0.25, 0.3) is 0 Å². The molecule has 1 heterocycles. The van der Waals surface area contributed by atoms with E-state index >= 15 is 0 Å². The lowest BCUT2D eigenvalue weighted by atomic mass is 10.1. The van der Waals surface area contributed by atoms with Crippen molar-refractivity contribution in [3.8, 4) is 0 Å². The number of nitrogens with one attached hydrogen (secondary N) is 1. The summed E-state index contributed by atoms with van der Waals surface area (Å²) in [6, 6.07) is 0. The number of nitrogens with zero attached hydrogens (tertiary/aromatic N) is 3. The van der Waals surface area contributed by atoms with Crippen LogP contribution in [-0.2, 0) is 17.1 Å². The molecule has 2 rings (SSSR count). The average molecular weight is 339 g/mol. The van der Waals surface area contributed by atoms with Gasteiger partial charge < -0.3 is 5.11 Å². The highest BCUT2D eigenvalue weighted by atomic mass is 79.9. The quantitative estimate of drug-likeness (QED) is 0.806. The Balaban J connectivity index is 2.08. The maximum atomic E-state index is 12.1. The third-order valence-corrected chi connectivity index (χ3v) is 5.46. The minimum absolute atomic E-state index is 0.00464. The number of halogens is 1. The van der Waals surface area contributed by atoms with Crippen LogP contribution in [0.15, 0.2) is 9.63 Å². The summed E-state index contributed by atoms with van der Waals surface area (Å²) in [7, 11) is -2.15. The molecule has 1 aliphatic carbocycles. The molecule has 0 aromatic carbocycles. The van der Waals surface area contributed by atoms with E-state index in [4.69, 9.17) is 0 Å². The van der Waals surface area contributed by atoms with E-state index in [0.717, 1.165) is 19.3 Å². The molecule has 9 heteroatoms. The van der Waals surface area contributed by atoms with Gasteiger partial charge in [-0.25, -0.2) is 17.8 Å². The second kappa shape index (κ2) is 5.24. The van der Waals surface area contributed by atoms with Gasteiger partial charge in [0, 0.05) is 13.6 Å². The van der Waals surface area contributed by atoms with Crippen molar-refractivity contribution in [2.75, 3.05) is 6.54 Å². The van der Waals surface area contributed by atoms with Crippen molar-refractivity contribution in [3.63, 3.8) is 0 Å². The molecule has 0 spiro atoms. The highest BCUT2D eigenvalue weighted by Crippen LogP contribution is 2.25. The maximum Gasteiger partial charge on any atom is 0.260 e. The molecular weight excluding hydrogens is 324 g/mol. The van der Waals surface area contributed by atoms with Crippen LogP contribution in [0, 0.1) is 5.92 Å². The van der Waals surface area contributed by atoms with Gasteiger partial charge in [-0.15, -0.1) is 5.10 Å². The number of rotatable bonds is 4. The van der Waals surface area contributed by atoms with Gasteiger partial charge in [-0.1, -0.05) is 11.6 Å². The molecule has 1 aromatic rings. The Bertz CT molecular complexity index is 510. The second-order valence-electron chi connectivity index (χ2n) is 4.42. The number of hydrogen-bond donors (Lipinski definition) is 2. The van der Waals surface area contributed by atoms with Gasteiger partial charge >= 0.3 is 0 Å². The van der Waals surface area contributed by atoms with Crippen molar-refractivity contribution in [2.45, 2.75) is 30.4 Å². The van der Waals surface area contributed by atoms with Crippen LogP contribution in [0.1, 0.15) is 19.3 Å². The Labute approximate surface area is 114 Å². The Hall–Kier alpha value is -0.510. The Morgan fingerprint density at radius 1 is 1.56 bits per heavy atom. The fourth-order valence-corrected chi connectivity index (χ4v) is 4.33. The number of aliphatic hydroxyl groups is 1. The lowest BCUT2D eigenvalue weighted by Crippen LogP contribution is -2.33. The van der Waals surface area contributed by atoms with Crippen molar-refractivity contribution in [1.29, 1.82) is 0 Å². The zero-order chi connectivity index (χ0) is 13.3. The lowest BCUT2D eigenvalue weighted by Gasteiger charge is -2.15. The summed E-state index contributed by atoms with van der Waals surface area (Å²) in [5.41, 5.74) is 0. The molecule has 0 bridgehead atoms. The van der Waals surface area contributed by atoms with E-state index in [9.17, 15) is 13.5 Å².